The van der Waals surface area contributed by atoms with E-state index < -0.39 is 0 Å². The van der Waals surface area contributed by atoms with E-state index >= 15 is 0 Å². The van der Waals surface area contributed by atoms with Gasteiger partial charge in [0.25, 0.3) is 0 Å². The molecule has 2 rings (SSSR count). The van der Waals surface area contributed by atoms with Crippen LogP contribution in [0.2, 0.25) is 0 Å². The van der Waals surface area contributed by atoms with Crippen LogP contribution in [0.15, 0.2) is 55.2 Å². The van der Waals surface area contributed by atoms with Crippen LogP contribution in [0.1, 0.15) is 77.5 Å². The highest BCUT2D eigenvalue weighted by Crippen LogP contribution is 2.33. The SMILES string of the molecule is C=C/C=C\C(C)=C(/C)c1ccc(C(=C)C)c(C)c1.CC1CCCC(C)C1C. The monoisotopic (exact) mass is 364 g/mol. The molecule has 2 unspecified atom stereocenters. The van der Waals surface area contributed by atoms with E-state index in [0.29, 0.717) is 0 Å². The van der Waals surface area contributed by atoms with Crippen LogP contribution in [0.3, 0.4) is 0 Å². The van der Waals surface area contributed by atoms with Crippen LogP contribution < -0.4 is 0 Å². The summed E-state index contributed by atoms with van der Waals surface area (Å²) in [4.78, 5) is 0. The van der Waals surface area contributed by atoms with Gasteiger partial charge in [0.1, 0.15) is 0 Å². The molecule has 0 N–H and O–H groups in total. The first kappa shape index (κ1) is 23.2. The van der Waals surface area contributed by atoms with Gasteiger partial charge in [-0.2, -0.15) is 0 Å². The predicted molar refractivity (Wildman–Crippen MR) is 125 cm³/mol. The lowest BCUT2D eigenvalue weighted by Gasteiger charge is -2.31. The van der Waals surface area contributed by atoms with Crippen molar-refractivity contribution < 1.29 is 0 Å². The summed E-state index contributed by atoms with van der Waals surface area (Å²) in [6, 6.07) is 6.54. The second-order valence-electron chi connectivity index (χ2n) is 8.46. The average Bonchev–Trinajstić information content (AvgIpc) is 2.63. The lowest BCUT2D eigenvalue weighted by atomic mass is 9.75. The Bertz CT molecular complexity index is 689. The number of aryl methyl sites for hydroxylation is 1. The van der Waals surface area contributed by atoms with Crippen molar-refractivity contribution >= 4 is 11.1 Å². The largest absolute Gasteiger partial charge is 0.0991 e. The zero-order chi connectivity index (χ0) is 20.6. The van der Waals surface area contributed by atoms with Crippen molar-refractivity contribution in [2.45, 2.75) is 67.7 Å². The van der Waals surface area contributed by atoms with E-state index in [1.165, 1.54) is 47.1 Å². The fourth-order valence-electron chi connectivity index (χ4n) is 3.79. The van der Waals surface area contributed by atoms with Crippen molar-refractivity contribution in [3.63, 3.8) is 0 Å². The van der Waals surface area contributed by atoms with Crippen molar-refractivity contribution in [2.75, 3.05) is 0 Å². The van der Waals surface area contributed by atoms with Gasteiger partial charge in [-0.25, -0.2) is 0 Å². The number of hydrogen-bond donors (Lipinski definition) is 0. The maximum atomic E-state index is 4.00. The van der Waals surface area contributed by atoms with Gasteiger partial charge in [-0.15, -0.1) is 0 Å². The highest BCUT2D eigenvalue weighted by molar-refractivity contribution is 5.72. The van der Waals surface area contributed by atoms with Gasteiger partial charge in [0, 0.05) is 0 Å². The number of hydrogen-bond acceptors (Lipinski definition) is 0. The highest BCUT2D eigenvalue weighted by atomic mass is 14.3. The summed E-state index contributed by atoms with van der Waals surface area (Å²) < 4.78 is 0. The smallest absolute Gasteiger partial charge is 0.0204 e. The maximum Gasteiger partial charge on any atom is -0.0204 e. The normalized spacial score (nSPS) is 23.3. The van der Waals surface area contributed by atoms with E-state index in [0.717, 1.165) is 23.3 Å². The van der Waals surface area contributed by atoms with Crippen molar-refractivity contribution in [3.8, 4) is 0 Å². The van der Waals surface area contributed by atoms with E-state index in [1.807, 2.05) is 13.0 Å². The molecule has 1 aliphatic rings. The average molecular weight is 365 g/mol. The van der Waals surface area contributed by atoms with Crippen molar-refractivity contribution in [1.82, 2.24) is 0 Å². The van der Waals surface area contributed by atoms with Gasteiger partial charge >= 0.3 is 0 Å². The van der Waals surface area contributed by atoms with Gasteiger partial charge < -0.3 is 0 Å². The quantitative estimate of drug-likeness (QED) is 0.469. The molecule has 27 heavy (non-hydrogen) atoms. The lowest BCUT2D eigenvalue weighted by molar-refractivity contribution is 0.197. The van der Waals surface area contributed by atoms with E-state index in [9.17, 15) is 0 Å². The number of allylic oxidation sites excluding steroid dienone is 6. The lowest BCUT2D eigenvalue weighted by Crippen LogP contribution is -2.21. The molecule has 0 aromatic heterocycles. The third kappa shape index (κ3) is 7.01. The van der Waals surface area contributed by atoms with E-state index in [-0.39, 0.29) is 0 Å². The van der Waals surface area contributed by atoms with E-state index in [2.05, 4.69) is 79.0 Å². The number of rotatable bonds is 4. The Balaban J connectivity index is 0.000000337. The third-order valence-electron chi connectivity index (χ3n) is 6.31. The van der Waals surface area contributed by atoms with Crippen molar-refractivity contribution in [3.05, 3.63) is 71.8 Å². The molecular weight excluding hydrogens is 324 g/mol. The summed E-state index contributed by atoms with van der Waals surface area (Å²) in [5, 5.41) is 0. The van der Waals surface area contributed by atoms with Crippen molar-refractivity contribution in [2.24, 2.45) is 17.8 Å². The fraction of sp³-hybridized carbons (Fsp3) is 0.481. The second-order valence-corrected chi connectivity index (χ2v) is 8.46. The van der Waals surface area contributed by atoms with Crippen molar-refractivity contribution in [1.29, 1.82) is 0 Å². The molecular formula is C27H40. The van der Waals surface area contributed by atoms with Crippen LogP contribution in [0.4, 0.5) is 0 Å². The standard InChI is InChI=1S/C18H22.C9H18/c1-7-8-9-14(4)16(6)17-10-11-18(13(2)3)15(5)12-17;1-7-5-4-6-8(2)9(7)3/h7-12H,1-2H2,3-6H3;7-9H,4-6H2,1-3H3/b9-8-,16-14+;. The van der Waals surface area contributed by atoms with Crippen LogP contribution in [0.25, 0.3) is 11.1 Å². The molecule has 0 spiro atoms. The Hall–Kier alpha value is -1.82. The Morgan fingerprint density at radius 2 is 1.63 bits per heavy atom. The zero-order valence-electron chi connectivity index (χ0n) is 18.7. The molecule has 1 fully saturated rings. The van der Waals surface area contributed by atoms with Crippen LogP contribution in [-0.2, 0) is 0 Å². The topological polar surface area (TPSA) is 0 Å². The summed E-state index contributed by atoms with van der Waals surface area (Å²) >= 11 is 0. The highest BCUT2D eigenvalue weighted by Gasteiger charge is 2.22. The first-order valence-corrected chi connectivity index (χ1v) is 10.4. The minimum Gasteiger partial charge on any atom is -0.0991 e. The van der Waals surface area contributed by atoms with Gasteiger partial charge in [-0.1, -0.05) is 95.2 Å². The number of benzene rings is 1. The van der Waals surface area contributed by atoms with Crippen LogP contribution >= 0.6 is 0 Å². The minimum atomic E-state index is 0.971. The van der Waals surface area contributed by atoms with Gasteiger partial charge in [0.2, 0.25) is 0 Å². The van der Waals surface area contributed by atoms with E-state index in [1.54, 1.807) is 6.08 Å². The molecule has 0 nitrogen and oxygen atoms in total. The Kier molecular flexibility index (Phi) is 9.56. The molecule has 0 bridgehead atoms. The third-order valence-corrected chi connectivity index (χ3v) is 6.31. The predicted octanol–water partition coefficient (Wildman–Crippen LogP) is 8.64. The molecule has 1 aromatic rings. The summed E-state index contributed by atoms with van der Waals surface area (Å²) in [7, 11) is 0. The Morgan fingerprint density at radius 1 is 1.04 bits per heavy atom. The summed E-state index contributed by atoms with van der Waals surface area (Å²) in [5.74, 6) is 2.93. The maximum absolute atomic E-state index is 4.00. The molecule has 1 aromatic carbocycles. The minimum absolute atomic E-state index is 0.971. The molecule has 2 atom stereocenters. The first-order valence-electron chi connectivity index (χ1n) is 10.4. The van der Waals surface area contributed by atoms with Gasteiger partial charge in [0.15, 0.2) is 0 Å². The van der Waals surface area contributed by atoms with Crippen LogP contribution in [0, 0.1) is 24.7 Å². The first-order chi connectivity index (χ1) is 12.7. The molecule has 1 aliphatic carbocycles. The van der Waals surface area contributed by atoms with Gasteiger partial charge in [0.05, 0.1) is 0 Å². The molecule has 0 aliphatic heterocycles. The summed E-state index contributed by atoms with van der Waals surface area (Å²) in [5.41, 5.74) is 7.46. The van der Waals surface area contributed by atoms with Crippen LogP contribution in [0.5, 0.6) is 0 Å². The molecule has 1 saturated carbocycles. The van der Waals surface area contributed by atoms with E-state index in [4.69, 9.17) is 0 Å². The summed E-state index contributed by atoms with van der Waals surface area (Å²) in [6.45, 7) is 23.3. The van der Waals surface area contributed by atoms with Gasteiger partial charge in [-0.3, -0.25) is 0 Å². The van der Waals surface area contributed by atoms with Gasteiger partial charge in [-0.05, 0) is 73.3 Å². The molecule has 0 saturated heterocycles. The zero-order valence-corrected chi connectivity index (χ0v) is 18.7. The summed E-state index contributed by atoms with van der Waals surface area (Å²) in [6.07, 6.45) is 10.2. The molecule has 0 amide bonds. The fourth-order valence-corrected chi connectivity index (χ4v) is 3.79. The molecule has 0 heterocycles. The molecule has 148 valence electrons. The second kappa shape index (κ2) is 11.1. The molecule has 0 radical (unpaired) electrons. The Labute approximate surface area is 168 Å². The molecule has 0 heteroatoms. The Morgan fingerprint density at radius 3 is 2.07 bits per heavy atom. The van der Waals surface area contributed by atoms with Crippen LogP contribution in [-0.4, -0.2) is 0 Å².